The minimum absolute atomic E-state index is 0.167. The Hall–Kier alpha value is -2.03. The van der Waals surface area contributed by atoms with Gasteiger partial charge in [-0.15, -0.1) is 6.58 Å². The van der Waals surface area contributed by atoms with Gasteiger partial charge in [-0.2, -0.15) is 0 Å². The van der Waals surface area contributed by atoms with E-state index in [2.05, 4.69) is 11.9 Å². The summed E-state index contributed by atoms with van der Waals surface area (Å²) in [6, 6.07) is 15.3. The molecule has 0 radical (unpaired) electrons. The van der Waals surface area contributed by atoms with E-state index in [0.29, 0.717) is 27.1 Å². The lowest BCUT2D eigenvalue weighted by atomic mass is 10.2. The molecule has 1 fully saturated rings. The van der Waals surface area contributed by atoms with E-state index in [1.807, 2.05) is 0 Å². The summed E-state index contributed by atoms with van der Waals surface area (Å²) in [4.78, 5) is 26.9. The fourth-order valence-corrected chi connectivity index (χ4v) is 4.26. The van der Waals surface area contributed by atoms with Gasteiger partial charge in [0.2, 0.25) is 10.0 Å². The maximum absolute atomic E-state index is 12.4. The second-order valence-corrected chi connectivity index (χ2v) is 10.6. The molecule has 3 rings (SSSR count). The van der Waals surface area contributed by atoms with Crippen LogP contribution in [0.2, 0.25) is 0 Å². The number of amides is 2. The van der Waals surface area contributed by atoms with E-state index in [1.165, 1.54) is 16.7 Å². The van der Waals surface area contributed by atoms with Gasteiger partial charge in [-0.3, -0.25) is 14.5 Å². The molecule has 32 heavy (non-hydrogen) atoms. The number of carbonyl (C=O) groups excluding carboxylic acids is 2. The van der Waals surface area contributed by atoms with Crippen molar-refractivity contribution in [1.82, 2.24) is 10.2 Å². The molecule has 1 aliphatic heterocycles. The maximum Gasteiger partial charge on any atom is 0.266 e. The van der Waals surface area contributed by atoms with Gasteiger partial charge in [0.15, 0.2) is 0 Å². The van der Waals surface area contributed by atoms with E-state index in [1.54, 1.807) is 66.7 Å². The molecule has 0 aromatic heterocycles. The first-order valence-corrected chi connectivity index (χ1v) is 11.6. The Bertz CT molecular complexity index is 1050. The second kappa shape index (κ2) is 10.7. The van der Waals surface area contributed by atoms with Crippen LogP contribution in [0.15, 0.2) is 72.2 Å². The molecule has 1 heterocycles. The van der Waals surface area contributed by atoms with Crippen molar-refractivity contribution < 1.29 is 14.3 Å². The number of carbonyl (C=O) groups is 2. The van der Waals surface area contributed by atoms with E-state index < -0.39 is 15.9 Å². The molecule has 0 aliphatic carbocycles. The lowest BCUT2D eigenvalue weighted by Gasteiger charge is -2.26. The van der Waals surface area contributed by atoms with Crippen molar-refractivity contribution in [3.63, 3.8) is 0 Å². The first kappa shape index (κ1) is 24.6. The number of ether oxygens (including phenoxy) is 1. The van der Waals surface area contributed by atoms with E-state index in [9.17, 15) is 9.59 Å². The topological polar surface area (TPSA) is 58.6 Å². The molecule has 166 valence electrons. The molecule has 10 heteroatoms. The van der Waals surface area contributed by atoms with Gasteiger partial charge in [0.1, 0.15) is 10.1 Å². The molecular formula is C22H17Cl3N2O3S2. The van der Waals surface area contributed by atoms with E-state index in [4.69, 9.17) is 51.8 Å². The fraction of sp³-hybridized carbons (Fsp3) is 0.136. The lowest BCUT2D eigenvalue weighted by Crippen LogP contribution is -2.47. The van der Waals surface area contributed by atoms with Gasteiger partial charge in [0, 0.05) is 12.1 Å². The summed E-state index contributed by atoms with van der Waals surface area (Å²) in [5.41, 5.74) is 1.16. The summed E-state index contributed by atoms with van der Waals surface area (Å²) in [6.45, 7) is 4.00. The van der Waals surface area contributed by atoms with E-state index in [-0.39, 0.29) is 5.91 Å². The van der Waals surface area contributed by atoms with Crippen LogP contribution in [-0.2, 0) is 4.79 Å². The summed E-state index contributed by atoms with van der Waals surface area (Å²) < 4.78 is 4.29. The molecule has 1 unspecified atom stereocenters. The maximum atomic E-state index is 12.4. The van der Waals surface area contributed by atoms with E-state index in [0.717, 1.165) is 5.56 Å². The van der Waals surface area contributed by atoms with Crippen molar-refractivity contribution >= 4 is 81.0 Å². The zero-order valence-electron chi connectivity index (χ0n) is 16.5. The standard InChI is InChI=1S/C22H17Cl3N2O3S2/c1-2-12-27-19(29)17(32-21(27)31)13-14-8-10-16(11-9-14)30-20(22(23,24)25)26-18(28)15-6-4-3-5-7-15/h2-11,13,20H,1,12H2,(H,26,28). The molecule has 1 saturated heterocycles. The molecule has 0 bridgehead atoms. The van der Waals surface area contributed by atoms with Crippen molar-refractivity contribution in [2.45, 2.75) is 10.0 Å². The summed E-state index contributed by atoms with van der Waals surface area (Å²) in [7, 11) is 0. The fourth-order valence-electron chi connectivity index (χ4n) is 2.69. The van der Waals surface area contributed by atoms with E-state index >= 15 is 0 Å². The number of hydrogen-bond donors (Lipinski definition) is 1. The lowest BCUT2D eigenvalue weighted by molar-refractivity contribution is -0.121. The van der Waals surface area contributed by atoms with Crippen LogP contribution in [0.3, 0.4) is 0 Å². The molecule has 5 nitrogen and oxygen atoms in total. The highest BCUT2D eigenvalue weighted by atomic mass is 35.6. The normalized spacial score (nSPS) is 16.2. The van der Waals surface area contributed by atoms with Gasteiger partial charge < -0.3 is 10.1 Å². The van der Waals surface area contributed by atoms with Crippen molar-refractivity contribution in [2.24, 2.45) is 0 Å². The minimum Gasteiger partial charge on any atom is -0.466 e. The van der Waals surface area contributed by atoms with Crippen LogP contribution in [0, 0.1) is 0 Å². The van der Waals surface area contributed by atoms with Gasteiger partial charge in [0.05, 0.1) is 4.91 Å². The van der Waals surface area contributed by atoms with Crippen molar-refractivity contribution in [2.75, 3.05) is 6.54 Å². The molecule has 0 spiro atoms. The summed E-state index contributed by atoms with van der Waals surface area (Å²) >= 11 is 24.5. The second-order valence-electron chi connectivity index (χ2n) is 6.53. The summed E-state index contributed by atoms with van der Waals surface area (Å²) in [6.07, 6.45) is 2.12. The first-order chi connectivity index (χ1) is 15.2. The van der Waals surface area contributed by atoms with Crippen LogP contribution in [0.5, 0.6) is 5.75 Å². The Kier molecular flexibility index (Phi) is 8.25. The average molecular weight is 528 g/mol. The molecule has 1 N–H and O–H groups in total. The SMILES string of the molecule is C=CCN1C(=O)C(=Cc2ccc(OC(NC(=O)c3ccccc3)C(Cl)(Cl)Cl)cc2)SC1=S. The van der Waals surface area contributed by atoms with Crippen LogP contribution in [0.25, 0.3) is 6.08 Å². The molecular weight excluding hydrogens is 511 g/mol. The number of hydrogen-bond acceptors (Lipinski definition) is 5. The third kappa shape index (κ3) is 6.27. The molecule has 2 aromatic carbocycles. The van der Waals surface area contributed by atoms with Crippen LogP contribution >= 0.6 is 58.8 Å². The third-order valence-electron chi connectivity index (χ3n) is 4.21. The summed E-state index contributed by atoms with van der Waals surface area (Å²) in [5.74, 6) is -0.244. The predicted octanol–water partition coefficient (Wildman–Crippen LogP) is 5.58. The third-order valence-corrected chi connectivity index (χ3v) is 6.18. The van der Waals surface area contributed by atoms with Crippen LogP contribution < -0.4 is 10.1 Å². The van der Waals surface area contributed by atoms with Crippen LogP contribution in [0.4, 0.5) is 0 Å². The number of thioether (sulfide) groups is 1. The highest BCUT2D eigenvalue weighted by molar-refractivity contribution is 8.26. The summed E-state index contributed by atoms with van der Waals surface area (Å²) in [5, 5.41) is 2.58. The largest absolute Gasteiger partial charge is 0.466 e. The highest BCUT2D eigenvalue weighted by Gasteiger charge is 2.36. The number of benzene rings is 2. The molecule has 2 aromatic rings. The number of halogens is 3. The monoisotopic (exact) mass is 526 g/mol. The number of thiocarbonyl (C=S) groups is 1. The number of alkyl halides is 3. The molecule has 1 aliphatic rings. The average Bonchev–Trinajstić information content (AvgIpc) is 3.02. The Morgan fingerprint density at radius 2 is 1.84 bits per heavy atom. The zero-order valence-corrected chi connectivity index (χ0v) is 20.4. The molecule has 2 amide bonds. The molecule has 1 atom stereocenters. The first-order valence-electron chi connectivity index (χ1n) is 9.24. The minimum atomic E-state index is -1.91. The van der Waals surface area contributed by atoms with Crippen LogP contribution in [-0.4, -0.2) is 37.6 Å². The van der Waals surface area contributed by atoms with Gasteiger partial charge in [-0.05, 0) is 35.9 Å². The Morgan fingerprint density at radius 3 is 2.44 bits per heavy atom. The smallest absolute Gasteiger partial charge is 0.266 e. The van der Waals surface area contributed by atoms with Gasteiger partial charge in [0.25, 0.3) is 11.8 Å². The van der Waals surface area contributed by atoms with Gasteiger partial charge in [-0.1, -0.05) is 95.2 Å². The molecule has 0 saturated carbocycles. The highest BCUT2D eigenvalue weighted by Crippen LogP contribution is 2.34. The number of nitrogens with one attached hydrogen (secondary N) is 1. The van der Waals surface area contributed by atoms with Crippen molar-refractivity contribution in [3.05, 3.63) is 83.3 Å². The van der Waals surface area contributed by atoms with Crippen LogP contribution in [0.1, 0.15) is 15.9 Å². The quantitative estimate of drug-likeness (QED) is 0.167. The van der Waals surface area contributed by atoms with Crippen molar-refractivity contribution in [1.29, 1.82) is 0 Å². The number of rotatable bonds is 7. The van der Waals surface area contributed by atoms with Gasteiger partial charge in [-0.25, -0.2) is 0 Å². The van der Waals surface area contributed by atoms with Gasteiger partial charge >= 0.3 is 0 Å². The Balaban J connectivity index is 1.71. The van der Waals surface area contributed by atoms with Crippen molar-refractivity contribution in [3.8, 4) is 5.75 Å². The zero-order chi connectivity index (χ0) is 23.3. The number of nitrogens with zero attached hydrogens (tertiary/aromatic N) is 1. The Morgan fingerprint density at radius 1 is 1.19 bits per heavy atom. The Labute approximate surface area is 210 Å². The predicted molar refractivity (Wildman–Crippen MR) is 135 cm³/mol.